The van der Waals surface area contributed by atoms with Crippen molar-refractivity contribution in [3.05, 3.63) is 35.9 Å². The number of nitrogens with zero attached hydrogens (tertiary/aromatic N) is 1. The van der Waals surface area contributed by atoms with Crippen LogP contribution in [0.25, 0.3) is 0 Å². The number of rotatable bonds is 2. The maximum absolute atomic E-state index is 2.66. The fraction of sp³-hybridized carbons (Fsp3) is 0.538. The number of hydrogen-bond donors (Lipinski definition) is 0. The van der Waals surface area contributed by atoms with E-state index < -0.39 is 0 Å². The van der Waals surface area contributed by atoms with E-state index in [-0.39, 0.29) is 0 Å². The van der Waals surface area contributed by atoms with Gasteiger partial charge in [-0.3, -0.25) is 4.90 Å². The Labute approximate surface area is 93.2 Å². The smallest absolute Gasteiger partial charge is 0.0320 e. The highest BCUT2D eigenvalue weighted by Gasteiger charge is 2.53. The van der Waals surface area contributed by atoms with Crippen LogP contribution in [0.3, 0.4) is 0 Å². The zero-order valence-electron chi connectivity index (χ0n) is 9.43. The van der Waals surface area contributed by atoms with E-state index in [1.54, 1.807) is 0 Å². The van der Waals surface area contributed by atoms with Gasteiger partial charge in [-0.1, -0.05) is 38.3 Å². The van der Waals surface area contributed by atoms with Crippen LogP contribution in [0.2, 0.25) is 0 Å². The summed E-state index contributed by atoms with van der Waals surface area (Å²) in [4.78, 5) is 2.66. The Morgan fingerprint density at radius 1 is 1.20 bits per heavy atom. The van der Waals surface area contributed by atoms with E-state index in [1.807, 2.05) is 0 Å². The lowest BCUT2D eigenvalue weighted by atomic mass is 10.1. The highest BCUT2D eigenvalue weighted by atomic mass is 31.1. The molecule has 2 aliphatic heterocycles. The summed E-state index contributed by atoms with van der Waals surface area (Å²) in [7, 11) is 0.430. The third-order valence-corrected chi connectivity index (χ3v) is 6.87. The van der Waals surface area contributed by atoms with E-state index in [1.165, 1.54) is 18.7 Å². The van der Waals surface area contributed by atoms with Gasteiger partial charge in [0, 0.05) is 19.1 Å². The van der Waals surface area contributed by atoms with Gasteiger partial charge in [-0.05, 0) is 30.5 Å². The van der Waals surface area contributed by atoms with Crippen molar-refractivity contribution in [1.82, 2.24) is 4.90 Å². The minimum atomic E-state index is 0.430. The average Bonchev–Trinajstić information content (AvgIpc) is 2.74. The maximum atomic E-state index is 2.66. The minimum Gasteiger partial charge on any atom is -0.295 e. The largest absolute Gasteiger partial charge is 0.295 e. The van der Waals surface area contributed by atoms with E-state index in [0.717, 1.165) is 11.3 Å². The number of likely N-dealkylation sites (tertiary alicyclic amines) is 1. The molecule has 1 aromatic rings. The second-order valence-electron chi connectivity index (χ2n) is 4.84. The first-order valence-corrected chi connectivity index (χ1v) is 7.71. The molecule has 0 amide bonds. The van der Waals surface area contributed by atoms with Gasteiger partial charge in [-0.2, -0.15) is 0 Å². The summed E-state index contributed by atoms with van der Waals surface area (Å²) in [5, 5.41) is 0. The molecule has 2 saturated heterocycles. The van der Waals surface area contributed by atoms with Crippen molar-refractivity contribution in [3.63, 3.8) is 0 Å². The van der Waals surface area contributed by atoms with Gasteiger partial charge in [-0.15, -0.1) is 0 Å². The summed E-state index contributed by atoms with van der Waals surface area (Å²) < 4.78 is 0. The normalized spacial score (nSPS) is 36.3. The minimum absolute atomic E-state index is 0.430. The molecule has 80 valence electrons. The van der Waals surface area contributed by atoms with Crippen molar-refractivity contribution in [2.45, 2.75) is 24.3 Å². The lowest BCUT2D eigenvalue weighted by molar-refractivity contribution is 0.261. The van der Waals surface area contributed by atoms with Crippen molar-refractivity contribution in [2.75, 3.05) is 19.8 Å². The van der Waals surface area contributed by atoms with Gasteiger partial charge in [0.1, 0.15) is 0 Å². The van der Waals surface area contributed by atoms with Crippen LogP contribution in [-0.2, 0) is 0 Å². The van der Waals surface area contributed by atoms with Gasteiger partial charge in [0.2, 0.25) is 0 Å². The second-order valence-corrected chi connectivity index (χ2v) is 7.50. The molecule has 2 heteroatoms. The summed E-state index contributed by atoms with van der Waals surface area (Å²) in [6.07, 6.45) is 0. The van der Waals surface area contributed by atoms with E-state index in [4.69, 9.17) is 0 Å². The van der Waals surface area contributed by atoms with Crippen LogP contribution in [-0.4, -0.2) is 36.0 Å². The molecule has 2 heterocycles. The Morgan fingerprint density at radius 2 is 1.80 bits per heavy atom. The molecule has 0 aromatic heterocycles. The molecule has 0 radical (unpaired) electrons. The van der Waals surface area contributed by atoms with Crippen LogP contribution < -0.4 is 0 Å². The van der Waals surface area contributed by atoms with Crippen LogP contribution in [0.4, 0.5) is 0 Å². The predicted molar refractivity (Wildman–Crippen MR) is 66.9 cm³/mol. The topological polar surface area (TPSA) is 3.24 Å². The third kappa shape index (κ3) is 1.62. The summed E-state index contributed by atoms with van der Waals surface area (Å²) >= 11 is 0. The Morgan fingerprint density at radius 3 is 2.40 bits per heavy atom. The molecule has 2 fully saturated rings. The molecule has 3 rings (SSSR count). The predicted octanol–water partition coefficient (Wildman–Crippen LogP) is 2.93. The van der Waals surface area contributed by atoms with Crippen molar-refractivity contribution in [1.29, 1.82) is 0 Å². The molecule has 15 heavy (non-hydrogen) atoms. The van der Waals surface area contributed by atoms with Crippen molar-refractivity contribution in [3.8, 4) is 0 Å². The lowest BCUT2D eigenvalue weighted by Crippen LogP contribution is -2.26. The molecule has 1 aromatic carbocycles. The first-order chi connectivity index (χ1) is 7.27. The maximum Gasteiger partial charge on any atom is 0.0320 e. The SMILES string of the molecule is CC(c1ccccc1)N1CC2C(C1)P2C. The molecule has 0 saturated carbocycles. The van der Waals surface area contributed by atoms with Crippen LogP contribution in [0.5, 0.6) is 0 Å². The molecular formula is C13H18NP. The summed E-state index contributed by atoms with van der Waals surface area (Å²) in [6.45, 7) is 7.51. The Kier molecular flexibility index (Phi) is 2.34. The van der Waals surface area contributed by atoms with E-state index in [9.17, 15) is 0 Å². The monoisotopic (exact) mass is 219 g/mol. The van der Waals surface area contributed by atoms with Gasteiger partial charge < -0.3 is 0 Å². The molecule has 0 N–H and O–H groups in total. The standard InChI is InChI=1S/C13H18NP/c1-10(11-6-4-3-5-7-11)14-8-12-13(9-14)15(12)2/h3-7,10,12-13H,8-9H2,1-2H3. The van der Waals surface area contributed by atoms with Gasteiger partial charge in [-0.25, -0.2) is 0 Å². The second kappa shape index (κ2) is 3.57. The highest BCUT2D eigenvalue weighted by Crippen LogP contribution is 2.67. The molecule has 3 unspecified atom stereocenters. The van der Waals surface area contributed by atoms with Gasteiger partial charge in [0.15, 0.2) is 0 Å². The Bertz CT molecular complexity index is 339. The van der Waals surface area contributed by atoms with E-state index in [2.05, 4.69) is 48.8 Å². The average molecular weight is 219 g/mol. The summed E-state index contributed by atoms with van der Waals surface area (Å²) in [6, 6.07) is 11.5. The lowest BCUT2D eigenvalue weighted by Gasteiger charge is -2.26. The van der Waals surface area contributed by atoms with Crippen LogP contribution in [0.15, 0.2) is 30.3 Å². The van der Waals surface area contributed by atoms with Crippen molar-refractivity contribution < 1.29 is 0 Å². The molecule has 0 bridgehead atoms. The molecular weight excluding hydrogens is 201 g/mol. The third-order valence-electron chi connectivity index (χ3n) is 4.07. The number of hydrogen-bond acceptors (Lipinski definition) is 1. The molecule has 2 aliphatic rings. The van der Waals surface area contributed by atoms with Crippen LogP contribution in [0.1, 0.15) is 18.5 Å². The van der Waals surface area contributed by atoms with Crippen molar-refractivity contribution in [2.24, 2.45) is 0 Å². The molecule has 0 aliphatic carbocycles. The zero-order valence-corrected chi connectivity index (χ0v) is 10.3. The highest BCUT2D eigenvalue weighted by molar-refractivity contribution is 7.66. The number of benzene rings is 1. The van der Waals surface area contributed by atoms with Crippen LogP contribution in [0, 0.1) is 0 Å². The fourth-order valence-corrected chi connectivity index (χ4v) is 5.26. The summed E-state index contributed by atoms with van der Waals surface area (Å²) in [5.41, 5.74) is 3.62. The van der Waals surface area contributed by atoms with E-state index in [0.29, 0.717) is 14.0 Å². The Hall–Kier alpha value is -0.390. The molecule has 3 atom stereocenters. The van der Waals surface area contributed by atoms with Gasteiger partial charge in [0.25, 0.3) is 0 Å². The summed E-state index contributed by atoms with van der Waals surface area (Å²) in [5.74, 6) is 0. The van der Waals surface area contributed by atoms with Gasteiger partial charge in [0.05, 0.1) is 0 Å². The fourth-order valence-electron chi connectivity index (χ4n) is 2.79. The Balaban J connectivity index is 1.69. The first kappa shape index (κ1) is 9.81. The molecule has 1 nitrogen and oxygen atoms in total. The molecule has 0 spiro atoms. The number of fused-ring (bicyclic) bond motifs is 1. The van der Waals surface area contributed by atoms with Gasteiger partial charge >= 0.3 is 0 Å². The van der Waals surface area contributed by atoms with E-state index >= 15 is 0 Å². The first-order valence-electron chi connectivity index (χ1n) is 5.78. The zero-order chi connectivity index (χ0) is 10.4. The van der Waals surface area contributed by atoms with Crippen LogP contribution >= 0.6 is 7.92 Å². The quantitative estimate of drug-likeness (QED) is 0.691. The van der Waals surface area contributed by atoms with Crippen molar-refractivity contribution >= 4 is 7.92 Å².